The Morgan fingerprint density at radius 1 is 1.38 bits per heavy atom. The summed E-state index contributed by atoms with van der Waals surface area (Å²) in [5.41, 5.74) is 1.01. The normalized spacial score (nSPS) is 16.2. The third-order valence-corrected chi connectivity index (χ3v) is 3.29. The van der Waals surface area contributed by atoms with Crippen LogP contribution in [0.4, 0.5) is 16.2 Å². The zero-order chi connectivity index (χ0) is 14.7. The van der Waals surface area contributed by atoms with Crippen molar-refractivity contribution in [3.05, 3.63) is 41.8 Å². The van der Waals surface area contributed by atoms with Crippen molar-refractivity contribution in [1.29, 1.82) is 0 Å². The molecule has 0 radical (unpaired) electrons. The topological polar surface area (TPSA) is 59.1 Å². The molecule has 0 aliphatic carbocycles. The number of para-hydroxylation sites is 1. The number of anilines is 2. The van der Waals surface area contributed by atoms with E-state index in [4.69, 9.17) is 4.74 Å². The van der Waals surface area contributed by atoms with E-state index in [1.165, 1.54) is 6.20 Å². The number of benzene rings is 1. The second kappa shape index (κ2) is 5.95. The molecule has 0 saturated carbocycles. The molecule has 1 unspecified atom stereocenters. The highest BCUT2D eigenvalue weighted by Crippen LogP contribution is 2.34. The predicted molar refractivity (Wildman–Crippen MR) is 79.1 cm³/mol. The van der Waals surface area contributed by atoms with Gasteiger partial charge < -0.3 is 15.4 Å². The molecule has 0 spiro atoms. The van der Waals surface area contributed by atoms with Crippen LogP contribution in [0.15, 0.2) is 30.5 Å². The van der Waals surface area contributed by atoms with Gasteiger partial charge in [0.05, 0.1) is 12.2 Å². The van der Waals surface area contributed by atoms with Gasteiger partial charge in [0.2, 0.25) is 5.95 Å². The first kappa shape index (κ1) is 13.6. The Morgan fingerprint density at radius 2 is 2.24 bits per heavy atom. The number of ether oxygens (including phenoxy) is 1. The highest BCUT2D eigenvalue weighted by molar-refractivity contribution is 5.48. The van der Waals surface area contributed by atoms with E-state index in [-0.39, 0.29) is 11.9 Å². The molecule has 1 aliphatic heterocycles. The van der Waals surface area contributed by atoms with Gasteiger partial charge in [-0.3, -0.25) is 0 Å². The zero-order valence-corrected chi connectivity index (χ0v) is 11.8. The molecule has 0 saturated heterocycles. The quantitative estimate of drug-likeness (QED) is 0.885. The van der Waals surface area contributed by atoms with Crippen molar-refractivity contribution in [2.75, 3.05) is 23.8 Å². The number of nitrogens with one attached hydrogen (secondary N) is 2. The summed E-state index contributed by atoms with van der Waals surface area (Å²) in [4.78, 5) is 8.11. The Morgan fingerprint density at radius 3 is 3.10 bits per heavy atom. The molecule has 3 rings (SSSR count). The van der Waals surface area contributed by atoms with Gasteiger partial charge in [-0.25, -0.2) is 9.37 Å². The Kier molecular flexibility index (Phi) is 3.85. The van der Waals surface area contributed by atoms with Crippen LogP contribution in [-0.4, -0.2) is 23.1 Å². The van der Waals surface area contributed by atoms with Crippen LogP contribution in [0.3, 0.4) is 0 Å². The lowest BCUT2D eigenvalue weighted by Gasteiger charge is -2.13. The van der Waals surface area contributed by atoms with Crippen molar-refractivity contribution in [2.24, 2.45) is 0 Å². The fourth-order valence-corrected chi connectivity index (χ4v) is 2.24. The predicted octanol–water partition coefficient (Wildman–Crippen LogP) is 2.98. The molecule has 2 N–H and O–H groups in total. The molecule has 1 aliphatic rings. The summed E-state index contributed by atoms with van der Waals surface area (Å²) in [5, 5.41) is 6.14. The molecule has 2 aromatic rings. The Bertz CT molecular complexity index is 635. The van der Waals surface area contributed by atoms with E-state index < -0.39 is 5.82 Å². The summed E-state index contributed by atoms with van der Waals surface area (Å²) in [6.07, 6.45) is 2.13. The first-order valence-electron chi connectivity index (χ1n) is 7.02. The van der Waals surface area contributed by atoms with Crippen molar-refractivity contribution < 1.29 is 9.13 Å². The van der Waals surface area contributed by atoms with Crippen molar-refractivity contribution in [3.63, 3.8) is 0 Å². The first-order chi connectivity index (χ1) is 10.3. The second-order valence-electron chi connectivity index (χ2n) is 4.86. The molecule has 2 heterocycles. The number of hydrogen-bond acceptors (Lipinski definition) is 5. The van der Waals surface area contributed by atoms with E-state index in [1.807, 2.05) is 31.2 Å². The van der Waals surface area contributed by atoms with Crippen LogP contribution >= 0.6 is 0 Å². The minimum Gasteiger partial charge on any atom is -0.491 e. The molecule has 110 valence electrons. The first-order valence-corrected chi connectivity index (χ1v) is 7.02. The lowest BCUT2D eigenvalue weighted by molar-refractivity contribution is 0.339. The Balaban J connectivity index is 1.79. The number of halogens is 1. The lowest BCUT2D eigenvalue weighted by Crippen LogP contribution is -2.15. The van der Waals surface area contributed by atoms with E-state index in [9.17, 15) is 4.39 Å². The molecule has 1 atom stereocenters. The fourth-order valence-electron chi connectivity index (χ4n) is 2.24. The maximum absolute atomic E-state index is 13.9. The molecule has 21 heavy (non-hydrogen) atoms. The van der Waals surface area contributed by atoms with Gasteiger partial charge in [-0.1, -0.05) is 25.1 Å². The molecular weight excluding hydrogens is 271 g/mol. The van der Waals surface area contributed by atoms with Gasteiger partial charge in [-0.2, -0.15) is 4.98 Å². The van der Waals surface area contributed by atoms with Crippen LogP contribution in [0, 0.1) is 5.82 Å². The Hall–Kier alpha value is -2.37. The van der Waals surface area contributed by atoms with Gasteiger partial charge in [0.25, 0.3) is 0 Å². The SMILES string of the molecule is CCCNc1ncc(F)c(NC2COc3ccccc32)n1. The van der Waals surface area contributed by atoms with Crippen LogP contribution in [0.1, 0.15) is 24.9 Å². The van der Waals surface area contributed by atoms with Crippen LogP contribution in [0.25, 0.3) is 0 Å². The summed E-state index contributed by atoms with van der Waals surface area (Å²) < 4.78 is 19.4. The number of aromatic nitrogens is 2. The van der Waals surface area contributed by atoms with Crippen molar-refractivity contribution in [1.82, 2.24) is 9.97 Å². The van der Waals surface area contributed by atoms with E-state index in [1.54, 1.807) is 0 Å². The second-order valence-corrected chi connectivity index (χ2v) is 4.86. The van der Waals surface area contributed by atoms with E-state index >= 15 is 0 Å². The highest BCUT2D eigenvalue weighted by Gasteiger charge is 2.24. The zero-order valence-electron chi connectivity index (χ0n) is 11.8. The number of rotatable bonds is 5. The minimum absolute atomic E-state index is 0.107. The summed E-state index contributed by atoms with van der Waals surface area (Å²) >= 11 is 0. The lowest BCUT2D eigenvalue weighted by atomic mass is 10.1. The largest absolute Gasteiger partial charge is 0.491 e. The van der Waals surface area contributed by atoms with Gasteiger partial charge in [0.15, 0.2) is 11.6 Å². The van der Waals surface area contributed by atoms with E-state index in [2.05, 4.69) is 20.6 Å². The molecule has 1 aromatic heterocycles. The van der Waals surface area contributed by atoms with E-state index in [0.717, 1.165) is 24.3 Å². The molecule has 0 bridgehead atoms. The van der Waals surface area contributed by atoms with Crippen LogP contribution < -0.4 is 15.4 Å². The van der Waals surface area contributed by atoms with Gasteiger partial charge in [0, 0.05) is 12.1 Å². The maximum atomic E-state index is 13.9. The third kappa shape index (κ3) is 2.89. The highest BCUT2D eigenvalue weighted by atomic mass is 19.1. The van der Waals surface area contributed by atoms with E-state index in [0.29, 0.717) is 12.6 Å². The van der Waals surface area contributed by atoms with Crippen LogP contribution in [0.5, 0.6) is 5.75 Å². The van der Waals surface area contributed by atoms with Crippen LogP contribution in [0.2, 0.25) is 0 Å². The van der Waals surface area contributed by atoms with Crippen molar-refractivity contribution in [3.8, 4) is 5.75 Å². The molecule has 0 fully saturated rings. The summed E-state index contributed by atoms with van der Waals surface area (Å²) in [6.45, 7) is 3.25. The smallest absolute Gasteiger partial charge is 0.224 e. The number of hydrogen-bond donors (Lipinski definition) is 2. The molecule has 6 heteroatoms. The Labute approximate surface area is 122 Å². The van der Waals surface area contributed by atoms with Gasteiger partial charge in [0.1, 0.15) is 12.4 Å². The summed E-state index contributed by atoms with van der Waals surface area (Å²) in [7, 11) is 0. The average Bonchev–Trinajstić information content (AvgIpc) is 2.91. The average molecular weight is 288 g/mol. The van der Waals surface area contributed by atoms with Crippen molar-refractivity contribution >= 4 is 11.8 Å². The van der Waals surface area contributed by atoms with Gasteiger partial charge >= 0.3 is 0 Å². The summed E-state index contributed by atoms with van der Waals surface area (Å²) in [5.74, 6) is 0.970. The van der Waals surface area contributed by atoms with Gasteiger partial charge in [-0.05, 0) is 12.5 Å². The monoisotopic (exact) mass is 288 g/mol. The summed E-state index contributed by atoms with van der Waals surface area (Å²) in [6, 6.07) is 7.62. The van der Waals surface area contributed by atoms with Crippen LogP contribution in [-0.2, 0) is 0 Å². The minimum atomic E-state index is -0.471. The maximum Gasteiger partial charge on any atom is 0.224 e. The molecule has 5 nitrogen and oxygen atoms in total. The fraction of sp³-hybridized carbons (Fsp3) is 0.333. The number of fused-ring (bicyclic) bond motifs is 1. The van der Waals surface area contributed by atoms with Gasteiger partial charge in [-0.15, -0.1) is 0 Å². The van der Waals surface area contributed by atoms with Crippen molar-refractivity contribution in [2.45, 2.75) is 19.4 Å². The molecular formula is C15H17FN4O. The molecule has 1 aromatic carbocycles. The third-order valence-electron chi connectivity index (χ3n) is 3.29. The standard InChI is InChI=1S/C15H17FN4O/c1-2-7-17-15-18-8-11(16)14(20-15)19-12-9-21-13-6-4-3-5-10(12)13/h3-6,8,12H,2,7,9H2,1H3,(H2,17,18,19,20). The number of nitrogens with zero attached hydrogens (tertiary/aromatic N) is 2. The molecule has 0 amide bonds.